The van der Waals surface area contributed by atoms with Crippen molar-refractivity contribution < 1.29 is 9.53 Å². The minimum atomic E-state index is -0.0421. The molecule has 0 N–H and O–H groups in total. The number of rotatable bonds is 3. The van der Waals surface area contributed by atoms with Gasteiger partial charge in [-0.25, -0.2) is 0 Å². The smallest absolute Gasteiger partial charge is 0.193 e. The van der Waals surface area contributed by atoms with Crippen LogP contribution in [0.25, 0.3) is 0 Å². The van der Waals surface area contributed by atoms with Crippen LogP contribution in [0, 0.1) is 6.92 Å². The number of aryl methyl sites for hydroxylation is 1. The summed E-state index contributed by atoms with van der Waals surface area (Å²) in [6.07, 6.45) is 0. The van der Waals surface area contributed by atoms with Crippen LogP contribution in [0.15, 0.2) is 42.5 Å². The highest BCUT2D eigenvalue weighted by Gasteiger charge is 2.11. The zero-order chi connectivity index (χ0) is 13.1. The van der Waals surface area contributed by atoms with Crippen LogP contribution < -0.4 is 4.74 Å². The van der Waals surface area contributed by atoms with Crippen LogP contribution >= 0.6 is 11.6 Å². The fraction of sp³-hybridized carbons (Fsp3) is 0.133. The van der Waals surface area contributed by atoms with Gasteiger partial charge in [-0.3, -0.25) is 4.79 Å². The Hall–Kier alpha value is -1.80. The van der Waals surface area contributed by atoms with Gasteiger partial charge in [0, 0.05) is 11.1 Å². The molecule has 0 aliphatic rings. The van der Waals surface area contributed by atoms with Crippen molar-refractivity contribution in [3.8, 4) is 5.75 Å². The van der Waals surface area contributed by atoms with Gasteiger partial charge < -0.3 is 4.74 Å². The SMILES string of the molecule is COc1ccc(C(=O)c2ccc(C)cc2)cc1Cl. The maximum Gasteiger partial charge on any atom is 0.193 e. The Balaban J connectivity index is 2.34. The quantitative estimate of drug-likeness (QED) is 0.783. The number of ether oxygens (including phenoxy) is 1. The van der Waals surface area contributed by atoms with Crippen molar-refractivity contribution in [3.05, 3.63) is 64.2 Å². The van der Waals surface area contributed by atoms with Gasteiger partial charge in [0.25, 0.3) is 0 Å². The van der Waals surface area contributed by atoms with Crippen LogP contribution in [-0.2, 0) is 0 Å². The second-order valence-electron chi connectivity index (χ2n) is 4.04. The van der Waals surface area contributed by atoms with Crippen molar-refractivity contribution in [1.29, 1.82) is 0 Å². The maximum absolute atomic E-state index is 12.2. The zero-order valence-electron chi connectivity index (χ0n) is 10.2. The molecule has 2 nitrogen and oxygen atoms in total. The van der Waals surface area contributed by atoms with Crippen molar-refractivity contribution in [3.63, 3.8) is 0 Å². The normalized spacial score (nSPS) is 10.2. The number of ketones is 1. The number of methoxy groups -OCH3 is 1. The van der Waals surface area contributed by atoms with E-state index in [1.54, 1.807) is 25.3 Å². The molecule has 0 aliphatic carbocycles. The number of benzene rings is 2. The Kier molecular flexibility index (Phi) is 3.68. The first-order valence-corrected chi connectivity index (χ1v) is 5.94. The highest BCUT2D eigenvalue weighted by Crippen LogP contribution is 2.26. The number of hydrogen-bond acceptors (Lipinski definition) is 2. The van der Waals surface area contributed by atoms with Gasteiger partial charge in [0.15, 0.2) is 5.78 Å². The second-order valence-corrected chi connectivity index (χ2v) is 4.45. The highest BCUT2D eigenvalue weighted by molar-refractivity contribution is 6.32. The third-order valence-corrected chi connectivity index (χ3v) is 3.02. The summed E-state index contributed by atoms with van der Waals surface area (Å²) in [5, 5.41) is 0.440. The van der Waals surface area contributed by atoms with Crippen molar-refractivity contribution in [2.24, 2.45) is 0 Å². The summed E-state index contributed by atoms with van der Waals surface area (Å²) in [7, 11) is 1.54. The Morgan fingerprint density at radius 2 is 1.67 bits per heavy atom. The van der Waals surface area contributed by atoms with E-state index in [1.807, 2.05) is 31.2 Å². The van der Waals surface area contributed by atoms with Gasteiger partial charge in [-0.2, -0.15) is 0 Å². The van der Waals surface area contributed by atoms with Crippen molar-refractivity contribution in [2.45, 2.75) is 6.92 Å². The Morgan fingerprint density at radius 1 is 1.06 bits per heavy atom. The summed E-state index contributed by atoms with van der Waals surface area (Å²) < 4.78 is 5.06. The lowest BCUT2D eigenvalue weighted by atomic mass is 10.0. The molecular formula is C15H13ClO2. The van der Waals surface area contributed by atoms with Crippen LogP contribution in [-0.4, -0.2) is 12.9 Å². The third kappa shape index (κ3) is 2.54. The Morgan fingerprint density at radius 3 is 2.22 bits per heavy atom. The molecule has 0 fully saturated rings. The lowest BCUT2D eigenvalue weighted by molar-refractivity contribution is 0.103. The first-order valence-electron chi connectivity index (χ1n) is 5.56. The van der Waals surface area contributed by atoms with E-state index in [0.29, 0.717) is 21.9 Å². The average Bonchev–Trinajstić information content (AvgIpc) is 2.38. The molecule has 0 atom stereocenters. The van der Waals surface area contributed by atoms with Crippen molar-refractivity contribution >= 4 is 17.4 Å². The van der Waals surface area contributed by atoms with E-state index < -0.39 is 0 Å². The zero-order valence-corrected chi connectivity index (χ0v) is 11.0. The van der Waals surface area contributed by atoms with Crippen LogP contribution in [0.3, 0.4) is 0 Å². The maximum atomic E-state index is 12.2. The molecule has 2 aromatic rings. The molecule has 0 amide bonds. The average molecular weight is 261 g/mol. The predicted molar refractivity (Wildman–Crippen MR) is 72.6 cm³/mol. The third-order valence-electron chi connectivity index (χ3n) is 2.73. The molecule has 0 unspecified atom stereocenters. The van der Waals surface area contributed by atoms with Gasteiger partial charge in [-0.1, -0.05) is 41.4 Å². The van der Waals surface area contributed by atoms with Crippen molar-refractivity contribution in [1.82, 2.24) is 0 Å². The minimum Gasteiger partial charge on any atom is -0.495 e. The standard InChI is InChI=1S/C15H13ClO2/c1-10-3-5-11(6-4-10)15(17)12-7-8-14(18-2)13(16)9-12/h3-9H,1-2H3. The molecule has 92 valence electrons. The predicted octanol–water partition coefficient (Wildman–Crippen LogP) is 3.89. The summed E-state index contributed by atoms with van der Waals surface area (Å²) in [4.78, 5) is 12.2. The van der Waals surface area contributed by atoms with Gasteiger partial charge in [0.05, 0.1) is 12.1 Å². The van der Waals surface area contributed by atoms with E-state index in [1.165, 1.54) is 0 Å². The summed E-state index contributed by atoms with van der Waals surface area (Å²) in [6.45, 7) is 1.98. The summed E-state index contributed by atoms with van der Waals surface area (Å²) in [5.74, 6) is 0.525. The molecule has 0 bridgehead atoms. The fourth-order valence-corrected chi connectivity index (χ4v) is 1.94. The van der Waals surface area contributed by atoms with Crippen LogP contribution in [0.4, 0.5) is 0 Å². The number of hydrogen-bond donors (Lipinski definition) is 0. The first-order chi connectivity index (χ1) is 8.61. The molecule has 2 rings (SSSR count). The van der Waals surface area contributed by atoms with E-state index in [0.717, 1.165) is 5.56 Å². The van der Waals surface area contributed by atoms with Gasteiger partial charge in [-0.15, -0.1) is 0 Å². The van der Waals surface area contributed by atoms with E-state index in [-0.39, 0.29) is 5.78 Å². The molecular weight excluding hydrogens is 248 g/mol. The highest BCUT2D eigenvalue weighted by atomic mass is 35.5. The summed E-state index contributed by atoms with van der Waals surface area (Å²) in [5.41, 5.74) is 2.34. The lowest BCUT2D eigenvalue weighted by Crippen LogP contribution is -2.01. The molecule has 0 spiro atoms. The lowest BCUT2D eigenvalue weighted by Gasteiger charge is -2.06. The van der Waals surface area contributed by atoms with Crippen LogP contribution in [0.5, 0.6) is 5.75 Å². The van der Waals surface area contributed by atoms with Crippen LogP contribution in [0.1, 0.15) is 21.5 Å². The number of halogens is 1. The Labute approximate surface area is 111 Å². The molecule has 0 heterocycles. The van der Waals surface area contributed by atoms with Gasteiger partial charge in [-0.05, 0) is 25.1 Å². The van der Waals surface area contributed by atoms with Crippen molar-refractivity contribution in [2.75, 3.05) is 7.11 Å². The van der Waals surface area contributed by atoms with Gasteiger partial charge in [0.2, 0.25) is 0 Å². The van der Waals surface area contributed by atoms with Crippen LogP contribution in [0.2, 0.25) is 5.02 Å². The van der Waals surface area contributed by atoms with E-state index in [2.05, 4.69) is 0 Å². The molecule has 0 aromatic heterocycles. The summed E-state index contributed by atoms with van der Waals surface area (Å²) >= 11 is 6.01. The van der Waals surface area contributed by atoms with E-state index in [4.69, 9.17) is 16.3 Å². The molecule has 3 heteroatoms. The molecule has 18 heavy (non-hydrogen) atoms. The first kappa shape index (κ1) is 12.7. The molecule has 0 radical (unpaired) electrons. The van der Waals surface area contributed by atoms with E-state index in [9.17, 15) is 4.79 Å². The molecule has 0 aliphatic heterocycles. The minimum absolute atomic E-state index is 0.0421. The monoisotopic (exact) mass is 260 g/mol. The van der Waals surface area contributed by atoms with Gasteiger partial charge in [0.1, 0.15) is 5.75 Å². The fourth-order valence-electron chi connectivity index (χ4n) is 1.68. The molecule has 0 saturated heterocycles. The van der Waals surface area contributed by atoms with E-state index >= 15 is 0 Å². The van der Waals surface area contributed by atoms with Gasteiger partial charge >= 0.3 is 0 Å². The number of carbonyl (C=O) groups excluding carboxylic acids is 1. The number of carbonyl (C=O) groups is 1. The Bertz CT molecular complexity index is 574. The second kappa shape index (κ2) is 5.23. The summed E-state index contributed by atoms with van der Waals surface area (Å²) in [6, 6.07) is 12.5. The molecule has 2 aromatic carbocycles. The topological polar surface area (TPSA) is 26.3 Å². The largest absolute Gasteiger partial charge is 0.495 e. The molecule has 0 saturated carbocycles.